The summed E-state index contributed by atoms with van der Waals surface area (Å²) < 4.78 is 38.2. The highest BCUT2D eigenvalue weighted by atomic mass is 19.4. The lowest BCUT2D eigenvalue weighted by atomic mass is 10.1. The highest BCUT2D eigenvalue weighted by Gasteiger charge is 2.41. The first kappa shape index (κ1) is 18.5. The van der Waals surface area contributed by atoms with Gasteiger partial charge in [-0.25, -0.2) is 0 Å². The lowest BCUT2D eigenvalue weighted by Gasteiger charge is -2.26. The number of anilines is 2. The fraction of sp³-hybridized carbons (Fsp3) is 0.333. The Morgan fingerprint density at radius 3 is 2.39 bits per heavy atom. The molecule has 2 unspecified atom stereocenters. The first-order valence-electron chi connectivity index (χ1n) is 9.14. The molecule has 0 radical (unpaired) electrons. The third-order valence-electron chi connectivity index (χ3n) is 5.43. The van der Waals surface area contributed by atoms with Crippen LogP contribution in [0.25, 0.3) is 0 Å². The Morgan fingerprint density at radius 2 is 1.71 bits per heavy atom. The summed E-state index contributed by atoms with van der Waals surface area (Å²) in [4.78, 5) is 28.7. The molecule has 2 aromatic rings. The molecule has 2 aliphatic rings. The minimum absolute atomic E-state index is 0.0140. The van der Waals surface area contributed by atoms with Crippen LogP contribution in [0.4, 0.5) is 24.5 Å². The van der Waals surface area contributed by atoms with Gasteiger partial charge in [-0.2, -0.15) is 13.2 Å². The molecule has 4 nitrogen and oxygen atoms in total. The summed E-state index contributed by atoms with van der Waals surface area (Å²) >= 11 is 0. The molecule has 146 valence electrons. The summed E-state index contributed by atoms with van der Waals surface area (Å²) in [7, 11) is 0. The Kier molecular flexibility index (Phi) is 4.40. The van der Waals surface area contributed by atoms with E-state index in [0.717, 1.165) is 29.8 Å². The van der Waals surface area contributed by atoms with Crippen molar-refractivity contribution in [3.63, 3.8) is 0 Å². The number of carbonyl (C=O) groups is 2. The number of carbonyl (C=O) groups excluding carboxylic acids is 2. The van der Waals surface area contributed by atoms with Crippen molar-refractivity contribution >= 4 is 23.2 Å². The second-order valence-corrected chi connectivity index (χ2v) is 7.34. The van der Waals surface area contributed by atoms with Crippen molar-refractivity contribution in [3.05, 3.63) is 59.7 Å². The van der Waals surface area contributed by atoms with E-state index in [1.165, 1.54) is 17.0 Å². The van der Waals surface area contributed by atoms with E-state index < -0.39 is 17.7 Å². The summed E-state index contributed by atoms with van der Waals surface area (Å²) in [6.45, 7) is 2.15. The lowest BCUT2D eigenvalue weighted by molar-refractivity contribution is -0.137. The van der Waals surface area contributed by atoms with E-state index in [-0.39, 0.29) is 30.8 Å². The molecule has 0 N–H and O–H groups in total. The minimum Gasteiger partial charge on any atom is -0.312 e. The zero-order chi connectivity index (χ0) is 20.1. The average Bonchev–Trinajstić information content (AvgIpc) is 3.20. The quantitative estimate of drug-likeness (QED) is 0.779. The van der Waals surface area contributed by atoms with E-state index in [1.807, 2.05) is 31.2 Å². The topological polar surface area (TPSA) is 40.6 Å². The number of benzene rings is 2. The highest BCUT2D eigenvalue weighted by Crippen LogP contribution is 2.36. The summed E-state index contributed by atoms with van der Waals surface area (Å²) in [5, 5.41) is 0. The zero-order valence-electron chi connectivity index (χ0n) is 15.2. The molecule has 0 aliphatic carbocycles. The van der Waals surface area contributed by atoms with Gasteiger partial charge in [0, 0.05) is 30.4 Å². The first-order chi connectivity index (χ1) is 13.3. The van der Waals surface area contributed by atoms with Gasteiger partial charge in [-0.1, -0.05) is 18.2 Å². The molecule has 2 heterocycles. The van der Waals surface area contributed by atoms with Gasteiger partial charge in [-0.05, 0) is 49.2 Å². The van der Waals surface area contributed by atoms with E-state index in [2.05, 4.69) is 0 Å². The number of halogens is 3. The molecule has 0 saturated carbocycles. The van der Waals surface area contributed by atoms with Gasteiger partial charge in [0.25, 0.3) is 0 Å². The molecule has 1 fully saturated rings. The van der Waals surface area contributed by atoms with Gasteiger partial charge in [0.15, 0.2) is 0 Å². The fourth-order valence-corrected chi connectivity index (χ4v) is 4.05. The van der Waals surface area contributed by atoms with Crippen molar-refractivity contribution in [2.24, 2.45) is 5.92 Å². The molecule has 0 bridgehead atoms. The number of fused-ring (bicyclic) bond motifs is 1. The van der Waals surface area contributed by atoms with Crippen molar-refractivity contribution in [1.29, 1.82) is 0 Å². The highest BCUT2D eigenvalue weighted by molar-refractivity contribution is 6.05. The Bertz CT molecular complexity index is 924. The van der Waals surface area contributed by atoms with Gasteiger partial charge in [0.1, 0.15) is 0 Å². The van der Waals surface area contributed by atoms with Crippen LogP contribution >= 0.6 is 0 Å². The molecule has 1 saturated heterocycles. The van der Waals surface area contributed by atoms with E-state index in [9.17, 15) is 22.8 Å². The molecule has 2 aliphatic heterocycles. The second kappa shape index (κ2) is 6.65. The summed E-state index contributed by atoms with van der Waals surface area (Å²) in [5.41, 5.74) is 1.59. The van der Waals surface area contributed by atoms with Crippen LogP contribution in [0.2, 0.25) is 0 Å². The van der Waals surface area contributed by atoms with Crippen LogP contribution in [-0.2, 0) is 22.2 Å². The minimum atomic E-state index is -4.43. The van der Waals surface area contributed by atoms with Crippen LogP contribution in [0.15, 0.2) is 48.5 Å². The zero-order valence-corrected chi connectivity index (χ0v) is 15.2. The fourth-order valence-electron chi connectivity index (χ4n) is 4.05. The molecule has 0 spiro atoms. The van der Waals surface area contributed by atoms with Gasteiger partial charge in [-0.15, -0.1) is 0 Å². The predicted octanol–water partition coefficient (Wildman–Crippen LogP) is 4.04. The largest absolute Gasteiger partial charge is 0.416 e. The third-order valence-corrected chi connectivity index (χ3v) is 5.43. The van der Waals surface area contributed by atoms with Crippen LogP contribution in [-0.4, -0.2) is 24.4 Å². The number of para-hydroxylation sites is 1. The number of hydrogen-bond acceptors (Lipinski definition) is 2. The van der Waals surface area contributed by atoms with E-state index in [1.54, 1.807) is 4.90 Å². The average molecular weight is 388 g/mol. The van der Waals surface area contributed by atoms with Gasteiger partial charge in [-0.3, -0.25) is 9.59 Å². The van der Waals surface area contributed by atoms with E-state index >= 15 is 0 Å². The number of alkyl halides is 3. The monoisotopic (exact) mass is 388 g/mol. The second-order valence-electron chi connectivity index (χ2n) is 7.34. The lowest BCUT2D eigenvalue weighted by Crippen LogP contribution is -2.41. The number of amides is 2. The van der Waals surface area contributed by atoms with Crippen LogP contribution in [0.1, 0.15) is 24.5 Å². The molecule has 0 aromatic heterocycles. The SMILES string of the molecule is CC1Cc2ccccc2N1C(=O)C1CC(=O)N(c2ccc(C(F)(F)F)cc2)C1. The maximum Gasteiger partial charge on any atom is 0.416 e. The van der Waals surface area contributed by atoms with Gasteiger partial charge < -0.3 is 9.80 Å². The van der Waals surface area contributed by atoms with Crippen molar-refractivity contribution in [1.82, 2.24) is 0 Å². The molecule has 2 aromatic carbocycles. The van der Waals surface area contributed by atoms with Crippen LogP contribution < -0.4 is 9.80 Å². The van der Waals surface area contributed by atoms with Crippen LogP contribution in [0.5, 0.6) is 0 Å². The molecule has 4 rings (SSSR count). The Morgan fingerprint density at radius 1 is 1.04 bits per heavy atom. The van der Waals surface area contributed by atoms with Crippen molar-refractivity contribution < 1.29 is 22.8 Å². The smallest absolute Gasteiger partial charge is 0.312 e. The van der Waals surface area contributed by atoms with Crippen molar-refractivity contribution in [3.8, 4) is 0 Å². The van der Waals surface area contributed by atoms with Crippen LogP contribution in [0, 0.1) is 5.92 Å². The molecule has 2 amide bonds. The molecular formula is C21H19F3N2O2. The molecule has 7 heteroatoms. The summed E-state index contributed by atoms with van der Waals surface area (Å²) in [6, 6.07) is 12.2. The Labute approximate surface area is 160 Å². The number of rotatable bonds is 2. The van der Waals surface area contributed by atoms with Crippen molar-refractivity contribution in [2.75, 3.05) is 16.3 Å². The van der Waals surface area contributed by atoms with Crippen LogP contribution in [0.3, 0.4) is 0 Å². The number of nitrogens with zero attached hydrogens (tertiary/aromatic N) is 2. The third kappa shape index (κ3) is 3.15. The standard InChI is InChI=1S/C21H19F3N2O2/c1-13-10-14-4-2-3-5-18(14)26(13)20(28)15-11-19(27)25(12-15)17-8-6-16(7-9-17)21(22,23)24/h2-9,13,15H,10-12H2,1H3. The molecule has 28 heavy (non-hydrogen) atoms. The summed E-state index contributed by atoms with van der Waals surface area (Å²) in [6.07, 6.45) is -3.60. The number of hydrogen-bond donors (Lipinski definition) is 0. The predicted molar refractivity (Wildman–Crippen MR) is 99.0 cm³/mol. The van der Waals surface area contributed by atoms with E-state index in [0.29, 0.717) is 5.69 Å². The van der Waals surface area contributed by atoms with Gasteiger partial charge >= 0.3 is 6.18 Å². The molecular weight excluding hydrogens is 369 g/mol. The normalized spacial score (nSPS) is 21.9. The first-order valence-corrected chi connectivity index (χ1v) is 9.14. The Balaban J connectivity index is 1.53. The Hall–Kier alpha value is -2.83. The maximum atomic E-state index is 13.1. The maximum absolute atomic E-state index is 13.1. The van der Waals surface area contributed by atoms with Crippen molar-refractivity contribution in [2.45, 2.75) is 32.0 Å². The van der Waals surface area contributed by atoms with E-state index in [4.69, 9.17) is 0 Å². The molecule has 2 atom stereocenters. The van der Waals surface area contributed by atoms with Gasteiger partial charge in [0.2, 0.25) is 11.8 Å². The van der Waals surface area contributed by atoms with Gasteiger partial charge in [0.05, 0.1) is 11.5 Å². The summed E-state index contributed by atoms with van der Waals surface area (Å²) in [5.74, 6) is -0.873.